The fourth-order valence-corrected chi connectivity index (χ4v) is 2.15. The molecule has 1 aromatic carbocycles. The standard InChI is InChI=1S/C17H17N3O3/c21-15(6-3-13-2-1-9-18-10-13)11-22-16-7-4-14(5-8-16)17-20-19-12-23-17/h1-2,4-5,7-10,12,15,21H,3,6,11H2/t15-/m1/s1. The van der Waals surface area contributed by atoms with Crippen molar-refractivity contribution in [3.05, 3.63) is 60.7 Å². The van der Waals surface area contributed by atoms with Crippen molar-refractivity contribution in [3.63, 3.8) is 0 Å². The van der Waals surface area contributed by atoms with Gasteiger partial charge in [-0.2, -0.15) is 0 Å². The number of aliphatic hydroxyl groups is 1. The van der Waals surface area contributed by atoms with Crippen LogP contribution in [0.25, 0.3) is 11.5 Å². The minimum atomic E-state index is -0.522. The summed E-state index contributed by atoms with van der Waals surface area (Å²) in [6.45, 7) is 0.250. The zero-order chi connectivity index (χ0) is 15.9. The van der Waals surface area contributed by atoms with Crippen LogP contribution in [-0.2, 0) is 6.42 Å². The molecule has 23 heavy (non-hydrogen) atoms. The third-order valence-electron chi connectivity index (χ3n) is 3.39. The van der Waals surface area contributed by atoms with Gasteiger partial charge in [0.25, 0.3) is 0 Å². The summed E-state index contributed by atoms with van der Waals surface area (Å²) >= 11 is 0. The third kappa shape index (κ3) is 4.37. The number of rotatable bonds is 7. The zero-order valence-electron chi connectivity index (χ0n) is 12.5. The highest BCUT2D eigenvalue weighted by atomic mass is 16.5. The van der Waals surface area contributed by atoms with E-state index in [1.54, 1.807) is 6.20 Å². The summed E-state index contributed by atoms with van der Waals surface area (Å²) in [5.41, 5.74) is 1.93. The highest BCUT2D eigenvalue weighted by Gasteiger charge is 2.07. The smallest absolute Gasteiger partial charge is 0.247 e. The normalized spacial score (nSPS) is 12.0. The number of pyridine rings is 1. The predicted molar refractivity (Wildman–Crippen MR) is 83.8 cm³/mol. The first-order valence-corrected chi connectivity index (χ1v) is 7.37. The topological polar surface area (TPSA) is 81.3 Å². The Kier molecular flexibility index (Phi) is 4.95. The van der Waals surface area contributed by atoms with Crippen LogP contribution in [0.3, 0.4) is 0 Å². The number of benzene rings is 1. The van der Waals surface area contributed by atoms with Crippen molar-refractivity contribution in [3.8, 4) is 17.2 Å². The Morgan fingerprint density at radius 2 is 2.04 bits per heavy atom. The zero-order valence-corrected chi connectivity index (χ0v) is 12.5. The molecule has 1 atom stereocenters. The summed E-state index contributed by atoms with van der Waals surface area (Å²) in [5.74, 6) is 1.15. The van der Waals surface area contributed by atoms with Gasteiger partial charge in [-0.15, -0.1) is 10.2 Å². The van der Waals surface area contributed by atoms with Gasteiger partial charge in [-0.1, -0.05) is 6.07 Å². The van der Waals surface area contributed by atoms with Gasteiger partial charge in [-0.3, -0.25) is 4.98 Å². The van der Waals surface area contributed by atoms with Gasteiger partial charge in [0.1, 0.15) is 12.4 Å². The number of aryl methyl sites for hydroxylation is 1. The maximum atomic E-state index is 10.00. The fourth-order valence-electron chi connectivity index (χ4n) is 2.15. The predicted octanol–water partition coefficient (Wildman–Crippen LogP) is 2.50. The van der Waals surface area contributed by atoms with Crippen molar-refractivity contribution in [2.24, 2.45) is 0 Å². The van der Waals surface area contributed by atoms with Crippen LogP contribution in [0, 0.1) is 0 Å². The van der Waals surface area contributed by atoms with Crippen molar-refractivity contribution in [1.82, 2.24) is 15.2 Å². The van der Waals surface area contributed by atoms with E-state index in [0.29, 0.717) is 18.1 Å². The molecule has 2 aromatic heterocycles. The molecule has 0 fully saturated rings. The lowest BCUT2D eigenvalue weighted by Gasteiger charge is -2.12. The third-order valence-corrected chi connectivity index (χ3v) is 3.39. The monoisotopic (exact) mass is 311 g/mol. The van der Waals surface area contributed by atoms with Crippen LogP contribution in [0.5, 0.6) is 5.75 Å². The van der Waals surface area contributed by atoms with Gasteiger partial charge in [0, 0.05) is 18.0 Å². The molecule has 0 saturated carbocycles. The SMILES string of the molecule is O[C@H](CCc1cccnc1)COc1ccc(-c2nnco2)cc1. The number of aromatic nitrogens is 3. The van der Waals surface area contributed by atoms with Crippen molar-refractivity contribution in [2.45, 2.75) is 18.9 Å². The summed E-state index contributed by atoms with van der Waals surface area (Å²) in [7, 11) is 0. The molecule has 0 unspecified atom stereocenters. The molecule has 0 spiro atoms. The molecule has 6 heteroatoms. The molecule has 3 aromatic rings. The Labute approximate surface area is 133 Å². The Morgan fingerprint density at radius 3 is 2.74 bits per heavy atom. The van der Waals surface area contributed by atoms with Crippen molar-refractivity contribution >= 4 is 0 Å². The summed E-state index contributed by atoms with van der Waals surface area (Å²) in [6, 6.07) is 11.2. The first kappa shape index (κ1) is 15.2. The number of ether oxygens (including phenoxy) is 1. The molecular formula is C17H17N3O3. The molecule has 118 valence electrons. The average molecular weight is 311 g/mol. The Balaban J connectivity index is 1.46. The molecule has 0 amide bonds. The van der Waals surface area contributed by atoms with E-state index < -0.39 is 6.10 Å². The van der Waals surface area contributed by atoms with E-state index in [2.05, 4.69) is 15.2 Å². The average Bonchev–Trinajstić information content (AvgIpc) is 3.14. The van der Waals surface area contributed by atoms with Gasteiger partial charge in [0.15, 0.2) is 0 Å². The van der Waals surface area contributed by atoms with E-state index in [4.69, 9.17) is 9.15 Å². The summed E-state index contributed by atoms with van der Waals surface area (Å²) in [5, 5.41) is 17.5. The number of hydrogen-bond donors (Lipinski definition) is 1. The quantitative estimate of drug-likeness (QED) is 0.722. The summed E-state index contributed by atoms with van der Waals surface area (Å²) < 4.78 is 10.7. The van der Waals surface area contributed by atoms with E-state index in [1.165, 1.54) is 6.39 Å². The molecular weight excluding hydrogens is 294 g/mol. The molecule has 0 bridgehead atoms. The second kappa shape index (κ2) is 7.51. The molecule has 6 nitrogen and oxygen atoms in total. The van der Waals surface area contributed by atoms with Crippen LogP contribution in [0.1, 0.15) is 12.0 Å². The van der Waals surface area contributed by atoms with Crippen LogP contribution < -0.4 is 4.74 Å². The molecule has 0 aliphatic carbocycles. The van der Waals surface area contributed by atoms with Crippen molar-refractivity contribution in [1.29, 1.82) is 0 Å². The highest BCUT2D eigenvalue weighted by molar-refractivity contribution is 5.53. The first-order valence-electron chi connectivity index (χ1n) is 7.37. The molecule has 0 aliphatic rings. The van der Waals surface area contributed by atoms with E-state index >= 15 is 0 Å². The maximum Gasteiger partial charge on any atom is 0.247 e. The Morgan fingerprint density at radius 1 is 1.17 bits per heavy atom. The van der Waals surface area contributed by atoms with E-state index in [0.717, 1.165) is 17.5 Å². The highest BCUT2D eigenvalue weighted by Crippen LogP contribution is 2.20. The Hall–Kier alpha value is -2.73. The minimum absolute atomic E-state index is 0.250. The van der Waals surface area contributed by atoms with Gasteiger partial charge >= 0.3 is 0 Å². The van der Waals surface area contributed by atoms with Crippen LogP contribution in [0.2, 0.25) is 0 Å². The second-order valence-corrected chi connectivity index (χ2v) is 5.13. The van der Waals surface area contributed by atoms with Crippen LogP contribution in [-0.4, -0.2) is 33.0 Å². The lowest BCUT2D eigenvalue weighted by Crippen LogP contribution is -2.18. The molecule has 2 heterocycles. The van der Waals surface area contributed by atoms with E-state index in [1.807, 2.05) is 42.6 Å². The van der Waals surface area contributed by atoms with Gasteiger partial charge in [-0.25, -0.2) is 0 Å². The van der Waals surface area contributed by atoms with Crippen LogP contribution in [0.15, 0.2) is 59.6 Å². The van der Waals surface area contributed by atoms with Gasteiger partial charge in [-0.05, 0) is 48.7 Å². The largest absolute Gasteiger partial charge is 0.491 e. The number of aliphatic hydroxyl groups excluding tert-OH is 1. The summed E-state index contributed by atoms with van der Waals surface area (Å²) in [6.07, 6.45) is 5.72. The van der Waals surface area contributed by atoms with Crippen LogP contribution in [0.4, 0.5) is 0 Å². The van der Waals surface area contributed by atoms with E-state index in [9.17, 15) is 5.11 Å². The molecule has 1 N–H and O–H groups in total. The van der Waals surface area contributed by atoms with Crippen LogP contribution >= 0.6 is 0 Å². The summed E-state index contributed by atoms with van der Waals surface area (Å²) in [4.78, 5) is 4.06. The lowest BCUT2D eigenvalue weighted by atomic mass is 10.1. The number of hydrogen-bond acceptors (Lipinski definition) is 6. The molecule has 0 radical (unpaired) electrons. The van der Waals surface area contributed by atoms with Gasteiger partial charge < -0.3 is 14.3 Å². The molecule has 0 saturated heterocycles. The Bertz CT molecular complexity index is 700. The second-order valence-electron chi connectivity index (χ2n) is 5.13. The first-order chi connectivity index (χ1) is 11.3. The van der Waals surface area contributed by atoms with Gasteiger partial charge in [0.05, 0.1) is 6.10 Å². The van der Waals surface area contributed by atoms with Crippen molar-refractivity contribution in [2.75, 3.05) is 6.61 Å². The maximum absolute atomic E-state index is 10.00. The molecule has 3 rings (SSSR count). The number of nitrogens with zero attached hydrogens (tertiary/aromatic N) is 3. The van der Waals surface area contributed by atoms with Crippen molar-refractivity contribution < 1.29 is 14.3 Å². The fraction of sp³-hybridized carbons (Fsp3) is 0.235. The minimum Gasteiger partial charge on any atom is -0.491 e. The van der Waals surface area contributed by atoms with Gasteiger partial charge in [0.2, 0.25) is 12.3 Å². The lowest BCUT2D eigenvalue weighted by molar-refractivity contribution is 0.100. The van der Waals surface area contributed by atoms with E-state index in [-0.39, 0.29) is 6.61 Å². The molecule has 0 aliphatic heterocycles.